The zero-order chi connectivity index (χ0) is 22.8. The van der Waals surface area contributed by atoms with Gasteiger partial charge in [-0.05, 0) is 68.5 Å². The first-order chi connectivity index (χ1) is 15.4. The van der Waals surface area contributed by atoms with E-state index in [0.717, 1.165) is 17.1 Å². The highest BCUT2D eigenvalue weighted by molar-refractivity contribution is 7.80. The minimum Gasteiger partial charge on any atom is -0.495 e. The Kier molecular flexibility index (Phi) is 6.14. The highest BCUT2D eigenvalue weighted by Gasteiger charge is 2.42. The topological polar surface area (TPSA) is 71.4 Å². The zero-order valence-corrected chi connectivity index (χ0v) is 19.4. The standard InChI is InChI=1S/C24H27N5O2S/c1-15(2)28-13-7-9-20(28)23-22(18-8-5-6-12-25-18)27-24(32)29(23)17-10-11-21(31-4)19(14-17)26-16(3)30/h5-15,22-23H,1-4H3,(H,26,30)(H,27,32)/t22-,23-/m0/s1. The minimum atomic E-state index is -0.167. The lowest BCUT2D eigenvalue weighted by atomic mass is 10.0. The van der Waals surface area contributed by atoms with Gasteiger partial charge in [0.1, 0.15) is 11.8 Å². The normalized spacial score (nSPS) is 18.0. The Bertz CT molecular complexity index is 1130. The number of carbonyl (C=O) groups is 1. The number of methoxy groups -OCH3 is 1. The number of pyridine rings is 1. The maximum absolute atomic E-state index is 11.8. The van der Waals surface area contributed by atoms with E-state index >= 15 is 0 Å². The molecule has 0 aliphatic carbocycles. The molecule has 1 fully saturated rings. The molecule has 1 amide bonds. The zero-order valence-electron chi connectivity index (χ0n) is 18.6. The lowest BCUT2D eigenvalue weighted by molar-refractivity contribution is -0.114. The number of thiocarbonyl (C=S) groups is 1. The summed E-state index contributed by atoms with van der Waals surface area (Å²) < 4.78 is 7.69. The molecule has 2 atom stereocenters. The summed E-state index contributed by atoms with van der Waals surface area (Å²) in [7, 11) is 1.58. The van der Waals surface area contributed by atoms with E-state index in [0.29, 0.717) is 16.5 Å². The van der Waals surface area contributed by atoms with E-state index in [1.54, 1.807) is 13.3 Å². The smallest absolute Gasteiger partial charge is 0.221 e. The molecule has 2 aromatic heterocycles. The molecule has 3 heterocycles. The number of amides is 1. The number of hydrogen-bond acceptors (Lipinski definition) is 4. The second-order valence-corrected chi connectivity index (χ2v) is 8.38. The molecule has 0 saturated carbocycles. The Morgan fingerprint density at radius 1 is 1.22 bits per heavy atom. The van der Waals surface area contributed by atoms with Gasteiger partial charge < -0.3 is 24.8 Å². The number of hydrogen-bond donors (Lipinski definition) is 2. The summed E-state index contributed by atoms with van der Waals surface area (Å²) in [6, 6.07) is 15.8. The average molecular weight is 450 g/mol. The number of nitrogens with zero attached hydrogens (tertiary/aromatic N) is 3. The van der Waals surface area contributed by atoms with Crippen molar-refractivity contribution in [2.45, 2.75) is 38.9 Å². The molecular weight excluding hydrogens is 422 g/mol. The summed E-state index contributed by atoms with van der Waals surface area (Å²) in [6.07, 6.45) is 3.88. The molecule has 7 nitrogen and oxygen atoms in total. The molecule has 0 spiro atoms. The van der Waals surface area contributed by atoms with Crippen LogP contribution in [0.3, 0.4) is 0 Å². The van der Waals surface area contributed by atoms with Gasteiger partial charge in [-0.3, -0.25) is 9.78 Å². The summed E-state index contributed by atoms with van der Waals surface area (Å²) in [4.78, 5) is 18.5. The number of aromatic nitrogens is 2. The fraction of sp³-hybridized carbons (Fsp3) is 0.292. The molecule has 1 aromatic carbocycles. The van der Waals surface area contributed by atoms with Gasteiger partial charge in [0.2, 0.25) is 5.91 Å². The number of ether oxygens (including phenoxy) is 1. The van der Waals surface area contributed by atoms with E-state index in [2.05, 4.69) is 57.3 Å². The number of carbonyl (C=O) groups excluding carboxylic acids is 1. The molecular formula is C24H27N5O2S. The Morgan fingerprint density at radius 2 is 2.03 bits per heavy atom. The van der Waals surface area contributed by atoms with Gasteiger partial charge in [0.25, 0.3) is 0 Å². The van der Waals surface area contributed by atoms with Crippen LogP contribution in [0, 0.1) is 0 Å². The van der Waals surface area contributed by atoms with Crippen molar-refractivity contribution in [3.63, 3.8) is 0 Å². The maximum Gasteiger partial charge on any atom is 0.221 e. The predicted octanol–water partition coefficient (Wildman–Crippen LogP) is 4.61. The SMILES string of the molecule is COc1ccc(N2C(=S)N[C@@H](c3ccccn3)[C@@H]2c2cccn2C(C)C)cc1NC(C)=O. The van der Waals surface area contributed by atoms with Gasteiger partial charge in [-0.25, -0.2) is 0 Å². The summed E-state index contributed by atoms with van der Waals surface area (Å²) >= 11 is 5.81. The monoisotopic (exact) mass is 449 g/mol. The van der Waals surface area contributed by atoms with Crippen LogP contribution in [0.1, 0.15) is 50.3 Å². The summed E-state index contributed by atoms with van der Waals surface area (Å²) in [6.45, 7) is 5.79. The highest BCUT2D eigenvalue weighted by atomic mass is 32.1. The number of rotatable bonds is 6. The predicted molar refractivity (Wildman–Crippen MR) is 130 cm³/mol. The summed E-state index contributed by atoms with van der Waals surface area (Å²) in [5, 5.41) is 6.93. The first kappa shape index (κ1) is 21.8. The van der Waals surface area contributed by atoms with Gasteiger partial charge in [-0.15, -0.1) is 0 Å². The van der Waals surface area contributed by atoms with Gasteiger partial charge >= 0.3 is 0 Å². The van der Waals surface area contributed by atoms with Crippen molar-refractivity contribution in [1.82, 2.24) is 14.9 Å². The number of nitrogens with one attached hydrogen (secondary N) is 2. The Labute approximate surface area is 193 Å². The van der Waals surface area contributed by atoms with Crippen LogP contribution in [-0.2, 0) is 4.79 Å². The van der Waals surface area contributed by atoms with Gasteiger partial charge in [-0.2, -0.15) is 0 Å². The van der Waals surface area contributed by atoms with Crippen LogP contribution >= 0.6 is 12.2 Å². The van der Waals surface area contributed by atoms with Crippen molar-refractivity contribution in [3.05, 3.63) is 72.3 Å². The van der Waals surface area contributed by atoms with Crippen LogP contribution < -0.4 is 20.3 Å². The van der Waals surface area contributed by atoms with Crippen molar-refractivity contribution in [2.24, 2.45) is 0 Å². The highest BCUT2D eigenvalue weighted by Crippen LogP contribution is 2.43. The van der Waals surface area contributed by atoms with E-state index in [1.165, 1.54) is 6.92 Å². The van der Waals surface area contributed by atoms with Gasteiger partial charge in [0, 0.05) is 36.7 Å². The molecule has 3 aromatic rings. The van der Waals surface area contributed by atoms with E-state index in [9.17, 15) is 4.79 Å². The molecule has 1 saturated heterocycles. The molecule has 1 aliphatic heterocycles. The van der Waals surface area contributed by atoms with Crippen LogP contribution in [-0.4, -0.2) is 27.7 Å². The second kappa shape index (κ2) is 9.00. The van der Waals surface area contributed by atoms with Crippen LogP contribution in [0.2, 0.25) is 0 Å². The Morgan fingerprint density at radius 3 is 2.69 bits per heavy atom. The van der Waals surface area contributed by atoms with E-state index in [1.807, 2.05) is 36.4 Å². The molecule has 2 N–H and O–H groups in total. The van der Waals surface area contributed by atoms with Gasteiger partial charge in [0.05, 0.1) is 24.5 Å². The Balaban J connectivity index is 1.85. The van der Waals surface area contributed by atoms with Crippen molar-refractivity contribution in [1.29, 1.82) is 0 Å². The summed E-state index contributed by atoms with van der Waals surface area (Å²) in [5.74, 6) is 0.421. The van der Waals surface area contributed by atoms with Crippen LogP contribution in [0.4, 0.5) is 11.4 Å². The van der Waals surface area contributed by atoms with Crippen LogP contribution in [0.15, 0.2) is 60.9 Å². The third-order valence-corrected chi connectivity index (χ3v) is 5.86. The van der Waals surface area contributed by atoms with Crippen molar-refractivity contribution >= 4 is 34.6 Å². The minimum absolute atomic E-state index is 0.131. The first-order valence-electron chi connectivity index (χ1n) is 10.5. The number of benzene rings is 1. The van der Waals surface area contributed by atoms with Gasteiger partial charge in [-0.1, -0.05) is 6.07 Å². The van der Waals surface area contributed by atoms with Crippen LogP contribution in [0.25, 0.3) is 0 Å². The Hall–Kier alpha value is -3.39. The third-order valence-electron chi connectivity index (χ3n) is 5.54. The van der Waals surface area contributed by atoms with E-state index < -0.39 is 0 Å². The molecule has 166 valence electrons. The van der Waals surface area contributed by atoms with E-state index in [4.69, 9.17) is 17.0 Å². The van der Waals surface area contributed by atoms with Crippen molar-refractivity contribution < 1.29 is 9.53 Å². The maximum atomic E-state index is 11.8. The number of anilines is 2. The molecule has 0 unspecified atom stereocenters. The third kappa shape index (κ3) is 4.05. The van der Waals surface area contributed by atoms with Crippen LogP contribution in [0.5, 0.6) is 5.75 Å². The molecule has 4 rings (SSSR count). The average Bonchev–Trinajstić information content (AvgIpc) is 3.38. The molecule has 0 radical (unpaired) electrons. The second-order valence-electron chi connectivity index (χ2n) is 8.00. The van der Waals surface area contributed by atoms with Gasteiger partial charge in [0.15, 0.2) is 5.11 Å². The lowest BCUT2D eigenvalue weighted by Gasteiger charge is -2.30. The fourth-order valence-corrected chi connectivity index (χ4v) is 4.54. The fourth-order valence-electron chi connectivity index (χ4n) is 4.19. The largest absolute Gasteiger partial charge is 0.495 e. The molecule has 1 aliphatic rings. The molecule has 32 heavy (non-hydrogen) atoms. The van der Waals surface area contributed by atoms with Crippen molar-refractivity contribution in [3.8, 4) is 5.75 Å². The quantitative estimate of drug-likeness (QED) is 0.536. The first-order valence-corrected chi connectivity index (χ1v) is 10.9. The van der Waals surface area contributed by atoms with E-state index in [-0.39, 0.29) is 24.0 Å². The molecule has 0 bridgehead atoms. The van der Waals surface area contributed by atoms with Crippen molar-refractivity contribution in [2.75, 3.05) is 17.3 Å². The molecule has 8 heteroatoms. The summed E-state index contributed by atoms with van der Waals surface area (Å²) in [5.41, 5.74) is 3.49. The lowest BCUT2D eigenvalue weighted by Crippen LogP contribution is -2.30.